The second kappa shape index (κ2) is 4.62. The van der Waals surface area contributed by atoms with E-state index in [1.54, 1.807) is 7.11 Å². The first-order valence-electron chi connectivity index (χ1n) is 4.84. The molecule has 0 bridgehead atoms. The SMILES string of the molecule is CNC(COC)c1c(C)oc(C)c1C. The standard InChI is InChI=1S/C11H19NO2/c1-7-8(2)14-9(3)11(7)10(12-4)6-13-5/h10,12H,6H2,1-5H3. The van der Waals surface area contributed by atoms with Crippen LogP contribution >= 0.6 is 0 Å². The molecule has 0 aliphatic carbocycles. The molecule has 1 unspecified atom stereocenters. The van der Waals surface area contributed by atoms with Gasteiger partial charge in [-0.2, -0.15) is 0 Å². The van der Waals surface area contributed by atoms with Crippen LogP contribution in [0.25, 0.3) is 0 Å². The number of furan rings is 1. The summed E-state index contributed by atoms with van der Waals surface area (Å²) in [5.74, 6) is 1.98. The highest BCUT2D eigenvalue weighted by molar-refractivity contribution is 5.34. The molecule has 0 aliphatic rings. The molecule has 1 heterocycles. The van der Waals surface area contributed by atoms with Gasteiger partial charge in [-0.3, -0.25) is 0 Å². The van der Waals surface area contributed by atoms with E-state index in [1.807, 2.05) is 20.9 Å². The Kier molecular flexibility index (Phi) is 3.72. The van der Waals surface area contributed by atoms with E-state index >= 15 is 0 Å². The van der Waals surface area contributed by atoms with Crippen molar-refractivity contribution < 1.29 is 9.15 Å². The quantitative estimate of drug-likeness (QED) is 0.802. The Morgan fingerprint density at radius 2 is 1.93 bits per heavy atom. The van der Waals surface area contributed by atoms with Crippen LogP contribution in [0.1, 0.15) is 28.7 Å². The molecule has 0 aromatic carbocycles. The summed E-state index contributed by atoms with van der Waals surface area (Å²) < 4.78 is 10.7. The summed E-state index contributed by atoms with van der Waals surface area (Å²) in [5.41, 5.74) is 2.45. The van der Waals surface area contributed by atoms with Crippen molar-refractivity contribution >= 4 is 0 Å². The lowest BCUT2D eigenvalue weighted by molar-refractivity contribution is 0.169. The van der Waals surface area contributed by atoms with Gasteiger partial charge in [-0.1, -0.05) is 0 Å². The zero-order valence-corrected chi connectivity index (χ0v) is 9.60. The van der Waals surface area contributed by atoms with Crippen LogP contribution in [0.2, 0.25) is 0 Å². The summed E-state index contributed by atoms with van der Waals surface area (Å²) in [4.78, 5) is 0. The van der Waals surface area contributed by atoms with Crippen LogP contribution in [0.4, 0.5) is 0 Å². The van der Waals surface area contributed by atoms with Crippen molar-refractivity contribution in [3.8, 4) is 0 Å². The van der Waals surface area contributed by atoms with Crippen LogP contribution in [0.5, 0.6) is 0 Å². The summed E-state index contributed by atoms with van der Waals surface area (Å²) in [6, 6.07) is 0.220. The molecule has 0 saturated heterocycles. The number of hydrogen-bond acceptors (Lipinski definition) is 3. The van der Waals surface area contributed by atoms with Crippen molar-refractivity contribution in [1.82, 2.24) is 5.32 Å². The van der Waals surface area contributed by atoms with E-state index in [-0.39, 0.29) is 6.04 Å². The summed E-state index contributed by atoms with van der Waals surface area (Å²) in [5, 5.41) is 3.23. The van der Waals surface area contributed by atoms with Crippen LogP contribution in [-0.2, 0) is 4.74 Å². The summed E-state index contributed by atoms with van der Waals surface area (Å²) in [6.45, 7) is 6.74. The lowest BCUT2D eigenvalue weighted by atomic mass is 10.0. The van der Waals surface area contributed by atoms with Crippen molar-refractivity contribution in [3.63, 3.8) is 0 Å². The molecule has 0 amide bonds. The van der Waals surface area contributed by atoms with E-state index in [0.29, 0.717) is 6.61 Å². The van der Waals surface area contributed by atoms with Crippen LogP contribution in [0.15, 0.2) is 4.42 Å². The highest BCUT2D eigenvalue weighted by Gasteiger charge is 2.19. The molecule has 1 aromatic heterocycles. The van der Waals surface area contributed by atoms with E-state index in [2.05, 4.69) is 12.2 Å². The maximum atomic E-state index is 5.58. The van der Waals surface area contributed by atoms with E-state index < -0.39 is 0 Å². The number of aryl methyl sites for hydroxylation is 2. The molecule has 0 spiro atoms. The third kappa shape index (κ3) is 1.99. The first-order valence-corrected chi connectivity index (χ1v) is 4.84. The van der Waals surface area contributed by atoms with E-state index in [9.17, 15) is 0 Å². The molecular weight excluding hydrogens is 178 g/mol. The fourth-order valence-electron chi connectivity index (χ4n) is 1.80. The minimum atomic E-state index is 0.220. The normalized spacial score (nSPS) is 13.2. The molecule has 0 radical (unpaired) electrons. The average molecular weight is 197 g/mol. The van der Waals surface area contributed by atoms with Gasteiger partial charge in [0.1, 0.15) is 11.5 Å². The lowest BCUT2D eigenvalue weighted by Gasteiger charge is -2.15. The minimum absolute atomic E-state index is 0.220. The van der Waals surface area contributed by atoms with Gasteiger partial charge < -0.3 is 14.5 Å². The van der Waals surface area contributed by atoms with Gasteiger partial charge in [0.05, 0.1) is 12.6 Å². The molecule has 0 fully saturated rings. The topological polar surface area (TPSA) is 34.4 Å². The fourth-order valence-corrected chi connectivity index (χ4v) is 1.80. The molecule has 3 heteroatoms. The molecular formula is C11H19NO2. The average Bonchev–Trinajstić information content (AvgIpc) is 2.39. The Morgan fingerprint density at radius 3 is 2.29 bits per heavy atom. The minimum Gasteiger partial charge on any atom is -0.466 e. The Bertz CT molecular complexity index is 304. The van der Waals surface area contributed by atoms with Gasteiger partial charge in [-0.05, 0) is 33.4 Å². The van der Waals surface area contributed by atoms with Crippen LogP contribution in [0.3, 0.4) is 0 Å². The van der Waals surface area contributed by atoms with Gasteiger partial charge in [0.15, 0.2) is 0 Å². The molecule has 1 aromatic rings. The van der Waals surface area contributed by atoms with Crippen LogP contribution < -0.4 is 5.32 Å². The van der Waals surface area contributed by atoms with Crippen LogP contribution in [-0.4, -0.2) is 20.8 Å². The fraction of sp³-hybridized carbons (Fsp3) is 0.636. The van der Waals surface area contributed by atoms with Gasteiger partial charge in [-0.15, -0.1) is 0 Å². The molecule has 14 heavy (non-hydrogen) atoms. The van der Waals surface area contributed by atoms with Crippen molar-refractivity contribution in [1.29, 1.82) is 0 Å². The number of methoxy groups -OCH3 is 1. The van der Waals surface area contributed by atoms with E-state index in [0.717, 1.165) is 11.5 Å². The number of likely N-dealkylation sites (N-methyl/N-ethyl adjacent to an activating group) is 1. The maximum Gasteiger partial charge on any atom is 0.106 e. The summed E-state index contributed by atoms with van der Waals surface area (Å²) in [6.07, 6.45) is 0. The number of nitrogens with one attached hydrogen (secondary N) is 1. The summed E-state index contributed by atoms with van der Waals surface area (Å²) in [7, 11) is 3.65. The van der Waals surface area contributed by atoms with E-state index in [1.165, 1.54) is 11.1 Å². The van der Waals surface area contributed by atoms with Gasteiger partial charge in [0.25, 0.3) is 0 Å². The smallest absolute Gasteiger partial charge is 0.106 e. The molecule has 3 nitrogen and oxygen atoms in total. The Labute approximate surface area is 85.4 Å². The van der Waals surface area contributed by atoms with Gasteiger partial charge in [-0.25, -0.2) is 0 Å². The summed E-state index contributed by atoms with van der Waals surface area (Å²) >= 11 is 0. The van der Waals surface area contributed by atoms with Crippen molar-refractivity contribution in [3.05, 3.63) is 22.6 Å². The monoisotopic (exact) mass is 197 g/mol. The third-order valence-electron chi connectivity index (χ3n) is 2.65. The first-order chi connectivity index (χ1) is 6.61. The van der Waals surface area contributed by atoms with E-state index in [4.69, 9.17) is 9.15 Å². The highest BCUT2D eigenvalue weighted by atomic mass is 16.5. The highest BCUT2D eigenvalue weighted by Crippen LogP contribution is 2.26. The Balaban J connectivity index is 3.02. The predicted molar refractivity (Wildman–Crippen MR) is 56.6 cm³/mol. The number of ether oxygens (including phenoxy) is 1. The predicted octanol–water partition coefficient (Wildman–Crippen LogP) is 2.11. The number of rotatable bonds is 4. The molecule has 1 N–H and O–H groups in total. The Hall–Kier alpha value is -0.800. The number of hydrogen-bond donors (Lipinski definition) is 1. The Morgan fingerprint density at radius 1 is 1.29 bits per heavy atom. The second-order valence-corrected chi connectivity index (χ2v) is 3.55. The molecule has 0 saturated carbocycles. The maximum absolute atomic E-state index is 5.58. The molecule has 1 atom stereocenters. The second-order valence-electron chi connectivity index (χ2n) is 3.55. The van der Waals surface area contributed by atoms with Gasteiger partial charge in [0, 0.05) is 12.7 Å². The first kappa shape index (κ1) is 11.3. The van der Waals surface area contributed by atoms with Crippen molar-refractivity contribution in [2.75, 3.05) is 20.8 Å². The van der Waals surface area contributed by atoms with Crippen LogP contribution in [0, 0.1) is 20.8 Å². The molecule has 1 rings (SSSR count). The van der Waals surface area contributed by atoms with Gasteiger partial charge in [0.2, 0.25) is 0 Å². The zero-order valence-electron chi connectivity index (χ0n) is 9.60. The third-order valence-corrected chi connectivity index (χ3v) is 2.65. The zero-order chi connectivity index (χ0) is 10.7. The van der Waals surface area contributed by atoms with Crippen molar-refractivity contribution in [2.45, 2.75) is 26.8 Å². The molecule has 0 aliphatic heterocycles. The lowest BCUT2D eigenvalue weighted by Crippen LogP contribution is -2.22. The van der Waals surface area contributed by atoms with Gasteiger partial charge >= 0.3 is 0 Å². The molecule has 80 valence electrons. The van der Waals surface area contributed by atoms with Crippen molar-refractivity contribution in [2.24, 2.45) is 0 Å². The largest absolute Gasteiger partial charge is 0.466 e.